The molecule has 1 N–H and O–H groups in total. The first-order valence-corrected chi connectivity index (χ1v) is 6.47. The summed E-state index contributed by atoms with van der Waals surface area (Å²) in [6.45, 7) is 6.04. The second kappa shape index (κ2) is 6.87. The van der Waals surface area contributed by atoms with Gasteiger partial charge in [-0.25, -0.2) is 0 Å². The van der Waals surface area contributed by atoms with Gasteiger partial charge in [-0.3, -0.25) is 0 Å². The van der Waals surface area contributed by atoms with E-state index in [1.807, 2.05) is 7.05 Å². The summed E-state index contributed by atoms with van der Waals surface area (Å²) in [6.07, 6.45) is 3.33. The SMILES string of the molecule is C=C(C)CCC(Cc1ccc(Br)cc1)NC. The molecule has 0 fully saturated rings. The predicted octanol–water partition coefficient (Wildman–Crippen LogP) is 3.94. The van der Waals surface area contributed by atoms with Gasteiger partial charge in [-0.15, -0.1) is 6.58 Å². The van der Waals surface area contributed by atoms with Crippen LogP contribution in [0.5, 0.6) is 0 Å². The highest BCUT2D eigenvalue weighted by molar-refractivity contribution is 9.10. The lowest BCUT2D eigenvalue weighted by molar-refractivity contribution is 0.519. The van der Waals surface area contributed by atoms with Crippen LogP contribution in [-0.4, -0.2) is 13.1 Å². The lowest BCUT2D eigenvalue weighted by Crippen LogP contribution is -2.27. The van der Waals surface area contributed by atoms with E-state index in [4.69, 9.17) is 0 Å². The Morgan fingerprint density at radius 3 is 2.50 bits per heavy atom. The van der Waals surface area contributed by atoms with Crippen molar-refractivity contribution in [3.8, 4) is 0 Å². The summed E-state index contributed by atoms with van der Waals surface area (Å²) in [4.78, 5) is 0. The Labute approximate surface area is 107 Å². The van der Waals surface area contributed by atoms with Gasteiger partial charge in [-0.2, -0.15) is 0 Å². The summed E-state index contributed by atoms with van der Waals surface area (Å²) in [5, 5.41) is 3.37. The fourth-order valence-corrected chi connectivity index (χ4v) is 1.94. The maximum Gasteiger partial charge on any atom is 0.0175 e. The van der Waals surface area contributed by atoms with Crippen LogP contribution in [0.1, 0.15) is 25.3 Å². The van der Waals surface area contributed by atoms with Crippen LogP contribution in [0.3, 0.4) is 0 Å². The van der Waals surface area contributed by atoms with Gasteiger partial charge in [0.2, 0.25) is 0 Å². The van der Waals surface area contributed by atoms with E-state index in [2.05, 4.69) is 59.0 Å². The molecule has 1 aromatic rings. The van der Waals surface area contributed by atoms with Crippen molar-refractivity contribution in [2.75, 3.05) is 7.05 Å². The molecule has 0 aliphatic carbocycles. The van der Waals surface area contributed by atoms with E-state index in [-0.39, 0.29) is 0 Å². The number of likely N-dealkylation sites (N-methyl/N-ethyl adjacent to an activating group) is 1. The average molecular weight is 282 g/mol. The monoisotopic (exact) mass is 281 g/mol. The summed E-state index contributed by atoms with van der Waals surface area (Å²) in [6, 6.07) is 9.09. The Morgan fingerprint density at radius 2 is 2.00 bits per heavy atom. The second-order valence-electron chi connectivity index (χ2n) is 4.31. The van der Waals surface area contributed by atoms with Gasteiger partial charge in [0.25, 0.3) is 0 Å². The third-order valence-corrected chi connectivity index (χ3v) is 3.25. The van der Waals surface area contributed by atoms with Gasteiger partial charge in [-0.1, -0.05) is 33.6 Å². The van der Waals surface area contributed by atoms with Crippen LogP contribution in [0.25, 0.3) is 0 Å². The Kier molecular flexibility index (Phi) is 5.78. The van der Waals surface area contributed by atoms with Gasteiger partial charge >= 0.3 is 0 Å². The molecular weight excluding hydrogens is 262 g/mol. The van der Waals surface area contributed by atoms with E-state index in [1.54, 1.807) is 0 Å². The molecule has 0 heterocycles. The van der Waals surface area contributed by atoms with Crippen LogP contribution >= 0.6 is 15.9 Å². The molecular formula is C14H20BrN. The molecule has 88 valence electrons. The van der Waals surface area contributed by atoms with Gasteiger partial charge < -0.3 is 5.32 Å². The molecule has 0 radical (unpaired) electrons. The highest BCUT2D eigenvalue weighted by Gasteiger charge is 2.06. The van der Waals surface area contributed by atoms with Gasteiger partial charge in [0, 0.05) is 10.5 Å². The van der Waals surface area contributed by atoms with Gasteiger partial charge in [-0.05, 0) is 50.9 Å². The van der Waals surface area contributed by atoms with E-state index in [1.165, 1.54) is 11.1 Å². The molecule has 1 rings (SSSR count). The van der Waals surface area contributed by atoms with Crippen LogP contribution in [0.15, 0.2) is 40.9 Å². The number of hydrogen-bond donors (Lipinski definition) is 1. The number of rotatable bonds is 6. The lowest BCUT2D eigenvalue weighted by Gasteiger charge is -2.16. The molecule has 0 bridgehead atoms. The molecule has 0 amide bonds. The van der Waals surface area contributed by atoms with E-state index in [9.17, 15) is 0 Å². The summed E-state index contributed by atoms with van der Waals surface area (Å²) in [5.74, 6) is 0. The molecule has 0 saturated carbocycles. The third kappa shape index (κ3) is 4.95. The standard InChI is InChI=1S/C14H20BrN/c1-11(2)4-9-14(16-3)10-12-5-7-13(15)8-6-12/h5-8,14,16H,1,4,9-10H2,2-3H3. The van der Waals surface area contributed by atoms with Crippen LogP contribution in [0, 0.1) is 0 Å². The molecule has 0 saturated heterocycles. The first-order chi connectivity index (χ1) is 7.61. The lowest BCUT2D eigenvalue weighted by atomic mass is 10.0. The second-order valence-corrected chi connectivity index (χ2v) is 5.23. The van der Waals surface area contributed by atoms with E-state index in [0.29, 0.717) is 6.04 Å². The largest absolute Gasteiger partial charge is 0.317 e. The van der Waals surface area contributed by atoms with Gasteiger partial charge in [0.05, 0.1) is 0 Å². The van der Waals surface area contributed by atoms with Crippen LogP contribution in [0.4, 0.5) is 0 Å². The topological polar surface area (TPSA) is 12.0 Å². The maximum absolute atomic E-state index is 3.95. The van der Waals surface area contributed by atoms with Crippen LogP contribution in [0.2, 0.25) is 0 Å². The van der Waals surface area contributed by atoms with E-state index < -0.39 is 0 Å². The minimum Gasteiger partial charge on any atom is -0.317 e. The summed E-state index contributed by atoms with van der Waals surface area (Å²) < 4.78 is 1.14. The number of hydrogen-bond acceptors (Lipinski definition) is 1. The van der Waals surface area contributed by atoms with Crippen LogP contribution in [-0.2, 0) is 6.42 Å². The Balaban J connectivity index is 2.49. The predicted molar refractivity (Wildman–Crippen MR) is 74.7 cm³/mol. The molecule has 1 aromatic carbocycles. The molecule has 1 nitrogen and oxygen atoms in total. The smallest absolute Gasteiger partial charge is 0.0175 e. The zero-order valence-corrected chi connectivity index (χ0v) is 11.7. The van der Waals surface area contributed by atoms with Gasteiger partial charge in [0.1, 0.15) is 0 Å². The zero-order valence-electron chi connectivity index (χ0n) is 10.1. The van der Waals surface area contributed by atoms with Crippen molar-refractivity contribution < 1.29 is 0 Å². The van der Waals surface area contributed by atoms with Crippen molar-refractivity contribution in [1.82, 2.24) is 5.32 Å². The quantitative estimate of drug-likeness (QED) is 0.779. The molecule has 1 unspecified atom stereocenters. The average Bonchev–Trinajstić information content (AvgIpc) is 2.26. The minimum atomic E-state index is 0.540. The molecule has 0 spiro atoms. The summed E-state index contributed by atoms with van der Waals surface area (Å²) in [5.41, 5.74) is 2.64. The molecule has 0 aliphatic rings. The highest BCUT2D eigenvalue weighted by atomic mass is 79.9. The van der Waals surface area contributed by atoms with Crippen molar-refractivity contribution in [2.24, 2.45) is 0 Å². The molecule has 16 heavy (non-hydrogen) atoms. The minimum absolute atomic E-state index is 0.540. The van der Waals surface area contributed by atoms with E-state index in [0.717, 1.165) is 23.7 Å². The Bertz CT molecular complexity index is 329. The maximum atomic E-state index is 3.95. The van der Waals surface area contributed by atoms with Gasteiger partial charge in [0.15, 0.2) is 0 Å². The zero-order chi connectivity index (χ0) is 12.0. The highest BCUT2D eigenvalue weighted by Crippen LogP contribution is 2.14. The normalized spacial score (nSPS) is 12.4. The number of benzene rings is 1. The van der Waals surface area contributed by atoms with Crippen molar-refractivity contribution in [3.05, 3.63) is 46.5 Å². The first kappa shape index (κ1) is 13.5. The van der Waals surface area contributed by atoms with Crippen molar-refractivity contribution in [1.29, 1.82) is 0 Å². The molecule has 0 aliphatic heterocycles. The molecule has 2 heteroatoms. The molecule has 1 atom stereocenters. The summed E-state index contributed by atoms with van der Waals surface area (Å²) in [7, 11) is 2.03. The fourth-order valence-electron chi connectivity index (χ4n) is 1.67. The van der Waals surface area contributed by atoms with Crippen molar-refractivity contribution >= 4 is 15.9 Å². The van der Waals surface area contributed by atoms with Crippen molar-refractivity contribution in [3.63, 3.8) is 0 Å². The van der Waals surface area contributed by atoms with Crippen molar-refractivity contribution in [2.45, 2.75) is 32.2 Å². The summed E-state index contributed by atoms with van der Waals surface area (Å²) >= 11 is 3.45. The first-order valence-electron chi connectivity index (χ1n) is 5.68. The third-order valence-electron chi connectivity index (χ3n) is 2.72. The van der Waals surface area contributed by atoms with Crippen LogP contribution < -0.4 is 5.32 Å². The molecule has 0 aromatic heterocycles. The Hall–Kier alpha value is -0.600. The number of allylic oxidation sites excluding steroid dienone is 1. The number of halogens is 1. The fraction of sp³-hybridized carbons (Fsp3) is 0.429. The van der Waals surface area contributed by atoms with E-state index >= 15 is 0 Å². The number of nitrogens with one attached hydrogen (secondary N) is 1. The Morgan fingerprint density at radius 1 is 1.38 bits per heavy atom.